The van der Waals surface area contributed by atoms with E-state index in [9.17, 15) is 9.59 Å². The maximum Gasteiger partial charge on any atom is 0.274 e. The van der Waals surface area contributed by atoms with Gasteiger partial charge in [0.25, 0.3) is 5.56 Å². The van der Waals surface area contributed by atoms with Gasteiger partial charge in [-0.05, 0) is 43.7 Å². The van der Waals surface area contributed by atoms with Gasteiger partial charge >= 0.3 is 0 Å². The molecule has 6 nitrogen and oxygen atoms in total. The zero-order chi connectivity index (χ0) is 17.3. The Kier molecular flexibility index (Phi) is 4.20. The van der Waals surface area contributed by atoms with Crippen molar-refractivity contribution >= 4 is 16.8 Å². The third-order valence-corrected chi connectivity index (χ3v) is 3.93. The number of rotatable bonds is 4. The molecule has 3 rings (SSSR count). The first kappa shape index (κ1) is 16.0. The highest BCUT2D eigenvalue weighted by Gasteiger charge is 2.14. The maximum atomic E-state index is 12.4. The third kappa shape index (κ3) is 3.22. The molecule has 0 atom stereocenters. The number of likely N-dealkylation sites (N-methyl/N-ethyl adjacent to an activating group) is 1. The van der Waals surface area contributed by atoms with E-state index in [-0.39, 0.29) is 18.0 Å². The van der Waals surface area contributed by atoms with Crippen molar-refractivity contribution in [1.82, 2.24) is 19.7 Å². The molecular formula is C18H20N4O2. The SMILES string of the molecule is Cc1cc(C)nc(CN(C)C(=O)Cn2[nH]c3ccccc3c2=O)c1. The van der Waals surface area contributed by atoms with Crippen LogP contribution in [0.3, 0.4) is 0 Å². The minimum Gasteiger partial charge on any atom is -0.338 e. The molecule has 0 aliphatic heterocycles. The highest BCUT2D eigenvalue weighted by Crippen LogP contribution is 2.08. The molecule has 1 aromatic carbocycles. The smallest absolute Gasteiger partial charge is 0.274 e. The molecule has 0 aliphatic carbocycles. The lowest BCUT2D eigenvalue weighted by Crippen LogP contribution is -2.33. The van der Waals surface area contributed by atoms with E-state index in [1.165, 1.54) is 4.68 Å². The van der Waals surface area contributed by atoms with Crippen LogP contribution in [0.15, 0.2) is 41.2 Å². The van der Waals surface area contributed by atoms with Gasteiger partial charge in [-0.2, -0.15) is 0 Å². The topological polar surface area (TPSA) is 71.0 Å². The number of aryl methyl sites for hydroxylation is 2. The number of carbonyl (C=O) groups excluding carboxylic acids is 1. The molecule has 2 aromatic heterocycles. The Morgan fingerprint density at radius 1 is 1.25 bits per heavy atom. The van der Waals surface area contributed by atoms with Gasteiger partial charge in [-0.15, -0.1) is 0 Å². The van der Waals surface area contributed by atoms with E-state index in [4.69, 9.17) is 0 Å². The van der Waals surface area contributed by atoms with E-state index in [0.717, 1.165) is 22.5 Å². The van der Waals surface area contributed by atoms with Crippen LogP contribution < -0.4 is 5.56 Å². The van der Waals surface area contributed by atoms with Crippen molar-refractivity contribution in [1.29, 1.82) is 0 Å². The summed E-state index contributed by atoms with van der Waals surface area (Å²) in [5.74, 6) is -0.149. The standard InChI is InChI=1S/C18H20N4O2/c1-12-8-13(2)19-14(9-12)10-21(3)17(23)11-22-18(24)15-6-4-5-7-16(15)20-22/h4-9,20H,10-11H2,1-3H3. The van der Waals surface area contributed by atoms with E-state index >= 15 is 0 Å². The molecule has 2 heterocycles. The number of aromatic nitrogens is 3. The molecule has 0 spiro atoms. The average Bonchev–Trinajstić information content (AvgIpc) is 2.83. The van der Waals surface area contributed by atoms with Crippen LogP contribution in [0.25, 0.3) is 10.9 Å². The Balaban J connectivity index is 1.76. The summed E-state index contributed by atoms with van der Waals surface area (Å²) < 4.78 is 1.35. The van der Waals surface area contributed by atoms with Crippen LogP contribution in [0.4, 0.5) is 0 Å². The van der Waals surface area contributed by atoms with Crippen molar-refractivity contribution in [3.63, 3.8) is 0 Å². The highest BCUT2D eigenvalue weighted by atomic mass is 16.2. The molecule has 24 heavy (non-hydrogen) atoms. The molecule has 0 bridgehead atoms. The van der Waals surface area contributed by atoms with Gasteiger partial charge in [0.2, 0.25) is 5.91 Å². The molecule has 0 fully saturated rings. The third-order valence-electron chi connectivity index (χ3n) is 3.93. The lowest BCUT2D eigenvalue weighted by atomic mass is 10.2. The number of nitrogens with one attached hydrogen (secondary N) is 1. The first-order chi connectivity index (χ1) is 11.4. The summed E-state index contributed by atoms with van der Waals surface area (Å²) in [6.45, 7) is 4.33. The van der Waals surface area contributed by atoms with Crippen molar-refractivity contribution in [3.05, 3.63) is 63.7 Å². The number of amides is 1. The number of carbonyl (C=O) groups is 1. The van der Waals surface area contributed by atoms with E-state index in [1.807, 2.05) is 44.2 Å². The fraction of sp³-hybridized carbons (Fsp3) is 0.278. The van der Waals surface area contributed by atoms with E-state index in [0.29, 0.717) is 11.9 Å². The lowest BCUT2D eigenvalue weighted by Gasteiger charge is -2.17. The highest BCUT2D eigenvalue weighted by molar-refractivity contribution is 5.79. The molecular weight excluding hydrogens is 304 g/mol. The predicted molar refractivity (Wildman–Crippen MR) is 92.7 cm³/mol. The van der Waals surface area contributed by atoms with Crippen molar-refractivity contribution in [3.8, 4) is 0 Å². The number of benzene rings is 1. The Labute approximate surface area is 139 Å². The number of para-hydroxylation sites is 1. The zero-order valence-electron chi connectivity index (χ0n) is 14.0. The molecule has 0 aliphatic rings. The van der Waals surface area contributed by atoms with Crippen LogP contribution in [-0.2, 0) is 17.9 Å². The Hall–Kier alpha value is -2.89. The van der Waals surface area contributed by atoms with Crippen LogP contribution in [0, 0.1) is 13.8 Å². The second kappa shape index (κ2) is 6.31. The molecule has 1 N–H and O–H groups in total. The molecule has 0 unspecified atom stereocenters. The van der Waals surface area contributed by atoms with Gasteiger partial charge < -0.3 is 4.90 Å². The summed E-state index contributed by atoms with van der Waals surface area (Å²) in [6, 6.07) is 11.2. The molecule has 6 heteroatoms. The average molecular weight is 324 g/mol. The zero-order valence-corrected chi connectivity index (χ0v) is 14.0. The Bertz CT molecular complexity index is 935. The number of fused-ring (bicyclic) bond motifs is 1. The summed E-state index contributed by atoms with van der Waals surface area (Å²) in [5, 5.41) is 3.56. The minimum atomic E-state index is -0.183. The largest absolute Gasteiger partial charge is 0.338 e. The molecule has 0 saturated carbocycles. The van der Waals surface area contributed by atoms with Gasteiger partial charge in [0.1, 0.15) is 6.54 Å². The van der Waals surface area contributed by atoms with Crippen molar-refractivity contribution < 1.29 is 4.79 Å². The molecule has 0 radical (unpaired) electrons. The van der Waals surface area contributed by atoms with E-state index in [1.54, 1.807) is 18.0 Å². The van der Waals surface area contributed by atoms with Crippen LogP contribution in [-0.4, -0.2) is 32.6 Å². The molecule has 3 aromatic rings. The summed E-state index contributed by atoms with van der Waals surface area (Å²) in [5.41, 5.74) is 3.43. The lowest BCUT2D eigenvalue weighted by molar-refractivity contribution is -0.131. The van der Waals surface area contributed by atoms with Gasteiger partial charge in [-0.25, -0.2) is 4.68 Å². The van der Waals surface area contributed by atoms with Crippen LogP contribution in [0.5, 0.6) is 0 Å². The monoisotopic (exact) mass is 324 g/mol. The normalized spacial score (nSPS) is 11.0. The van der Waals surface area contributed by atoms with Gasteiger partial charge in [-0.3, -0.25) is 19.7 Å². The quantitative estimate of drug-likeness (QED) is 0.798. The van der Waals surface area contributed by atoms with E-state index in [2.05, 4.69) is 10.1 Å². The van der Waals surface area contributed by atoms with Crippen molar-refractivity contribution in [2.24, 2.45) is 0 Å². The predicted octanol–water partition coefficient (Wildman–Crippen LogP) is 2.00. The fourth-order valence-corrected chi connectivity index (χ4v) is 2.81. The van der Waals surface area contributed by atoms with Crippen LogP contribution >= 0.6 is 0 Å². The summed E-state index contributed by atoms with van der Waals surface area (Å²) in [4.78, 5) is 30.7. The van der Waals surface area contributed by atoms with Gasteiger partial charge in [0.05, 0.1) is 23.1 Å². The number of nitrogens with zero attached hydrogens (tertiary/aromatic N) is 3. The fourth-order valence-electron chi connectivity index (χ4n) is 2.81. The minimum absolute atomic E-state index is 0.0190. The first-order valence-corrected chi connectivity index (χ1v) is 7.80. The number of pyridine rings is 1. The second-order valence-electron chi connectivity index (χ2n) is 6.08. The molecule has 0 saturated heterocycles. The van der Waals surface area contributed by atoms with Crippen LogP contribution in [0.2, 0.25) is 0 Å². The summed E-state index contributed by atoms with van der Waals surface area (Å²) in [6.07, 6.45) is 0. The Morgan fingerprint density at radius 3 is 2.71 bits per heavy atom. The number of H-pyrrole nitrogens is 1. The molecule has 124 valence electrons. The second-order valence-corrected chi connectivity index (χ2v) is 6.08. The summed E-state index contributed by atoms with van der Waals surface area (Å²) in [7, 11) is 1.72. The molecule has 1 amide bonds. The van der Waals surface area contributed by atoms with E-state index < -0.39 is 0 Å². The number of aromatic amines is 1. The van der Waals surface area contributed by atoms with Crippen molar-refractivity contribution in [2.45, 2.75) is 26.9 Å². The number of hydrogen-bond donors (Lipinski definition) is 1. The van der Waals surface area contributed by atoms with Crippen molar-refractivity contribution in [2.75, 3.05) is 7.05 Å². The van der Waals surface area contributed by atoms with Gasteiger partial charge in [0, 0.05) is 12.7 Å². The van der Waals surface area contributed by atoms with Gasteiger partial charge in [-0.1, -0.05) is 12.1 Å². The van der Waals surface area contributed by atoms with Crippen LogP contribution in [0.1, 0.15) is 17.0 Å². The Morgan fingerprint density at radius 2 is 2.00 bits per heavy atom. The van der Waals surface area contributed by atoms with Gasteiger partial charge in [0.15, 0.2) is 0 Å². The maximum absolute atomic E-state index is 12.4. The first-order valence-electron chi connectivity index (χ1n) is 7.80. The number of hydrogen-bond acceptors (Lipinski definition) is 3. The summed E-state index contributed by atoms with van der Waals surface area (Å²) >= 11 is 0.